The standard InChI is InChI=1S/C12H8ClN3S/c13-11-6-14-7-12(16-11)15-9-1-2-10-8(5-9)3-4-17-10/h1-7H,(H,15,16). The van der Waals surface area contributed by atoms with E-state index in [-0.39, 0.29) is 0 Å². The van der Waals surface area contributed by atoms with E-state index < -0.39 is 0 Å². The zero-order valence-corrected chi connectivity index (χ0v) is 10.3. The molecule has 3 rings (SSSR count). The minimum atomic E-state index is 0.381. The van der Waals surface area contributed by atoms with Crippen LogP contribution in [0.4, 0.5) is 11.5 Å². The molecule has 17 heavy (non-hydrogen) atoms. The molecule has 5 heteroatoms. The van der Waals surface area contributed by atoms with Crippen LogP contribution in [0.3, 0.4) is 0 Å². The Bertz CT molecular complexity index is 665. The fourth-order valence-electron chi connectivity index (χ4n) is 1.59. The molecule has 0 saturated carbocycles. The summed E-state index contributed by atoms with van der Waals surface area (Å²) < 4.78 is 1.27. The summed E-state index contributed by atoms with van der Waals surface area (Å²) in [6.07, 6.45) is 3.15. The lowest BCUT2D eigenvalue weighted by molar-refractivity contribution is 1.20. The molecule has 2 aromatic heterocycles. The van der Waals surface area contributed by atoms with Crippen molar-refractivity contribution in [2.24, 2.45) is 0 Å². The summed E-state index contributed by atoms with van der Waals surface area (Å²) in [6, 6.07) is 8.27. The van der Waals surface area contributed by atoms with Crippen LogP contribution >= 0.6 is 22.9 Å². The molecule has 0 unspecified atom stereocenters. The third-order valence-electron chi connectivity index (χ3n) is 2.33. The summed E-state index contributed by atoms with van der Waals surface area (Å²) in [4.78, 5) is 8.11. The van der Waals surface area contributed by atoms with Gasteiger partial charge in [-0.2, -0.15) is 0 Å². The maximum atomic E-state index is 5.78. The molecule has 0 amide bonds. The lowest BCUT2D eigenvalue weighted by Gasteiger charge is -2.05. The van der Waals surface area contributed by atoms with Gasteiger partial charge in [0.15, 0.2) is 5.82 Å². The van der Waals surface area contributed by atoms with E-state index in [1.807, 2.05) is 6.07 Å². The largest absolute Gasteiger partial charge is 0.339 e. The van der Waals surface area contributed by atoms with Gasteiger partial charge in [-0.25, -0.2) is 4.98 Å². The number of aromatic nitrogens is 2. The first-order chi connectivity index (χ1) is 8.31. The van der Waals surface area contributed by atoms with Crippen LogP contribution in [0, 0.1) is 0 Å². The molecule has 0 bridgehead atoms. The van der Waals surface area contributed by atoms with Crippen LogP contribution in [0.25, 0.3) is 10.1 Å². The van der Waals surface area contributed by atoms with E-state index >= 15 is 0 Å². The Labute approximate surface area is 107 Å². The van der Waals surface area contributed by atoms with Crippen molar-refractivity contribution in [2.45, 2.75) is 0 Å². The van der Waals surface area contributed by atoms with Gasteiger partial charge in [-0.1, -0.05) is 11.6 Å². The van der Waals surface area contributed by atoms with Crippen molar-refractivity contribution in [2.75, 3.05) is 5.32 Å². The first kappa shape index (κ1) is 10.5. The Morgan fingerprint density at radius 3 is 3.00 bits per heavy atom. The predicted molar refractivity (Wildman–Crippen MR) is 72.1 cm³/mol. The third-order valence-corrected chi connectivity index (χ3v) is 3.41. The van der Waals surface area contributed by atoms with Gasteiger partial charge in [0.2, 0.25) is 0 Å². The Hall–Kier alpha value is -1.65. The van der Waals surface area contributed by atoms with Crippen molar-refractivity contribution in [3.63, 3.8) is 0 Å². The molecule has 84 valence electrons. The van der Waals surface area contributed by atoms with Gasteiger partial charge in [0.05, 0.1) is 12.4 Å². The second kappa shape index (κ2) is 4.31. The Kier molecular flexibility index (Phi) is 2.66. The molecule has 0 aliphatic heterocycles. The molecule has 0 fully saturated rings. The fraction of sp³-hybridized carbons (Fsp3) is 0. The topological polar surface area (TPSA) is 37.8 Å². The number of hydrogen-bond acceptors (Lipinski definition) is 4. The highest BCUT2D eigenvalue weighted by Gasteiger charge is 2.00. The van der Waals surface area contributed by atoms with Crippen LogP contribution in [0.2, 0.25) is 5.15 Å². The molecular formula is C12H8ClN3S. The number of anilines is 2. The molecular weight excluding hydrogens is 254 g/mol. The van der Waals surface area contributed by atoms with Gasteiger partial charge in [0, 0.05) is 10.4 Å². The van der Waals surface area contributed by atoms with Crippen molar-refractivity contribution >= 4 is 44.5 Å². The van der Waals surface area contributed by atoms with Crippen LogP contribution in [-0.4, -0.2) is 9.97 Å². The molecule has 3 nitrogen and oxygen atoms in total. The van der Waals surface area contributed by atoms with Crippen LogP contribution in [0.5, 0.6) is 0 Å². The number of halogens is 1. The van der Waals surface area contributed by atoms with Gasteiger partial charge in [-0.05, 0) is 35.0 Å². The summed E-state index contributed by atoms with van der Waals surface area (Å²) in [5.74, 6) is 0.645. The minimum Gasteiger partial charge on any atom is -0.339 e. The molecule has 0 spiro atoms. The van der Waals surface area contributed by atoms with Gasteiger partial charge < -0.3 is 5.32 Å². The predicted octanol–water partition coefficient (Wildman–Crippen LogP) is 4.09. The fourth-order valence-corrected chi connectivity index (χ4v) is 2.51. The van der Waals surface area contributed by atoms with Gasteiger partial charge in [0.1, 0.15) is 5.15 Å². The highest BCUT2D eigenvalue weighted by atomic mass is 35.5. The van der Waals surface area contributed by atoms with Crippen LogP contribution in [0.15, 0.2) is 42.0 Å². The number of hydrogen-bond donors (Lipinski definition) is 1. The molecule has 1 aromatic carbocycles. The third kappa shape index (κ3) is 2.23. The van der Waals surface area contributed by atoms with E-state index in [9.17, 15) is 0 Å². The summed E-state index contributed by atoms with van der Waals surface area (Å²) in [5.41, 5.74) is 0.979. The summed E-state index contributed by atoms with van der Waals surface area (Å²) in [7, 11) is 0. The molecule has 1 N–H and O–H groups in total. The molecule has 3 aromatic rings. The molecule has 0 aliphatic carbocycles. The second-order valence-corrected chi connectivity index (χ2v) is 4.86. The number of thiophene rings is 1. The second-order valence-electron chi connectivity index (χ2n) is 3.53. The highest BCUT2D eigenvalue weighted by Crippen LogP contribution is 2.25. The van der Waals surface area contributed by atoms with E-state index in [1.54, 1.807) is 17.5 Å². The van der Waals surface area contributed by atoms with Crippen molar-refractivity contribution in [3.05, 3.63) is 47.2 Å². The highest BCUT2D eigenvalue weighted by molar-refractivity contribution is 7.17. The number of nitrogens with one attached hydrogen (secondary N) is 1. The lowest BCUT2D eigenvalue weighted by Crippen LogP contribution is -1.94. The van der Waals surface area contributed by atoms with Crippen LogP contribution in [-0.2, 0) is 0 Å². The normalized spacial score (nSPS) is 10.6. The van der Waals surface area contributed by atoms with Gasteiger partial charge in [-0.3, -0.25) is 4.98 Å². The summed E-state index contributed by atoms with van der Waals surface area (Å²) in [6.45, 7) is 0. The molecule has 0 aliphatic rings. The van der Waals surface area contributed by atoms with E-state index in [1.165, 1.54) is 16.3 Å². The smallest absolute Gasteiger partial charge is 0.150 e. The van der Waals surface area contributed by atoms with Crippen LogP contribution in [0.1, 0.15) is 0 Å². The summed E-state index contributed by atoms with van der Waals surface area (Å²) in [5, 5.41) is 6.85. The van der Waals surface area contributed by atoms with Crippen LogP contribution < -0.4 is 5.32 Å². The Morgan fingerprint density at radius 1 is 1.18 bits per heavy atom. The maximum absolute atomic E-state index is 5.78. The zero-order valence-electron chi connectivity index (χ0n) is 8.72. The Morgan fingerprint density at radius 2 is 2.12 bits per heavy atom. The average Bonchev–Trinajstić information content (AvgIpc) is 2.76. The zero-order chi connectivity index (χ0) is 11.7. The van der Waals surface area contributed by atoms with Gasteiger partial charge in [0.25, 0.3) is 0 Å². The molecule has 2 heterocycles. The van der Waals surface area contributed by atoms with Crippen molar-refractivity contribution in [1.29, 1.82) is 0 Å². The first-order valence-electron chi connectivity index (χ1n) is 5.03. The maximum Gasteiger partial charge on any atom is 0.150 e. The first-order valence-corrected chi connectivity index (χ1v) is 6.29. The minimum absolute atomic E-state index is 0.381. The molecule has 0 atom stereocenters. The number of nitrogens with zero attached hydrogens (tertiary/aromatic N) is 2. The quantitative estimate of drug-likeness (QED) is 0.755. The molecule has 0 saturated heterocycles. The van der Waals surface area contributed by atoms with Gasteiger partial charge in [-0.15, -0.1) is 11.3 Å². The van der Waals surface area contributed by atoms with E-state index in [0.717, 1.165) is 5.69 Å². The number of benzene rings is 1. The monoisotopic (exact) mass is 261 g/mol. The van der Waals surface area contributed by atoms with Crippen molar-refractivity contribution < 1.29 is 0 Å². The molecule has 0 radical (unpaired) electrons. The lowest BCUT2D eigenvalue weighted by atomic mass is 10.2. The van der Waals surface area contributed by atoms with E-state index in [4.69, 9.17) is 11.6 Å². The average molecular weight is 262 g/mol. The van der Waals surface area contributed by atoms with Crippen molar-refractivity contribution in [3.8, 4) is 0 Å². The number of fused-ring (bicyclic) bond motifs is 1. The van der Waals surface area contributed by atoms with Crippen molar-refractivity contribution in [1.82, 2.24) is 9.97 Å². The van der Waals surface area contributed by atoms with E-state index in [0.29, 0.717) is 11.0 Å². The SMILES string of the molecule is Clc1cncc(Nc2ccc3sccc3c2)n1. The van der Waals surface area contributed by atoms with E-state index in [2.05, 4.69) is 38.9 Å². The number of rotatable bonds is 2. The van der Waals surface area contributed by atoms with Gasteiger partial charge >= 0.3 is 0 Å². The summed E-state index contributed by atoms with van der Waals surface area (Å²) >= 11 is 7.50. The Balaban J connectivity index is 1.94.